The van der Waals surface area contributed by atoms with Crippen molar-refractivity contribution in [3.63, 3.8) is 0 Å². The molecule has 0 bridgehead atoms. The van der Waals surface area contributed by atoms with Crippen LogP contribution in [0.4, 0.5) is 0 Å². The van der Waals surface area contributed by atoms with Gasteiger partial charge in [-0.1, -0.05) is 0 Å². The van der Waals surface area contributed by atoms with E-state index in [1.807, 2.05) is 0 Å². The topological polar surface area (TPSA) is 47.6 Å². The van der Waals surface area contributed by atoms with Crippen molar-refractivity contribution in [2.24, 2.45) is 0 Å². The Labute approximate surface area is 120 Å². The van der Waals surface area contributed by atoms with Crippen molar-refractivity contribution >= 4 is 0 Å². The maximum Gasteiger partial charge on any atom is 0 e. The Bertz CT molecular complexity index is 15.7. The van der Waals surface area contributed by atoms with Crippen molar-refractivity contribution in [2.75, 3.05) is 0 Å². The van der Waals surface area contributed by atoms with E-state index in [2.05, 4.69) is 0 Å². The first-order valence-electron chi connectivity index (χ1n) is 1.15. The van der Waals surface area contributed by atoms with E-state index in [0.717, 1.165) is 0 Å². The average Bonchev–Trinajstić information content (AvgIpc) is 0.811. The molecule has 0 atom stereocenters. The summed E-state index contributed by atoms with van der Waals surface area (Å²) in [5, 5.41) is 0. The van der Waals surface area contributed by atoms with Gasteiger partial charge in [0, 0.05) is 98.1 Å². The van der Waals surface area contributed by atoms with Crippen LogP contribution in [0.5, 0.6) is 0 Å². The molecule has 3 radical (unpaired) electrons. The van der Waals surface area contributed by atoms with Gasteiger partial charge < -0.3 is 11.5 Å². The van der Waals surface area contributed by atoms with Crippen LogP contribution in [0.3, 0.4) is 0 Å². The Hall–Kier alpha value is 3.23. The molecular weight excluding hydrogens is 319 g/mol. The SMILES string of the molecule is CC([NH-])[NH-].[Y].[Y].[Y]. The van der Waals surface area contributed by atoms with Crippen molar-refractivity contribution in [3.05, 3.63) is 11.5 Å². The zero-order chi connectivity index (χ0) is 3.58. The predicted octanol–water partition coefficient (Wildman–Crippen LogP) is 1.43. The summed E-state index contributed by atoms with van der Waals surface area (Å²) in [5.41, 5.74) is 12.5. The largest absolute Gasteiger partial charge is 0.693 e. The number of hydrogen-bond acceptors (Lipinski definition) is 0. The minimum Gasteiger partial charge on any atom is -0.693 e. The van der Waals surface area contributed by atoms with Crippen LogP contribution in [0.15, 0.2) is 0 Å². The second-order valence-corrected chi connectivity index (χ2v) is 0.722. The summed E-state index contributed by atoms with van der Waals surface area (Å²) in [6.07, 6.45) is -0.667. The fraction of sp³-hybridized carbons (Fsp3) is 1.00. The zero-order valence-electron chi connectivity index (χ0n) is 4.31. The molecule has 0 fully saturated rings. The van der Waals surface area contributed by atoms with Crippen molar-refractivity contribution in [2.45, 2.75) is 13.1 Å². The van der Waals surface area contributed by atoms with Crippen molar-refractivity contribution in [1.82, 2.24) is 0 Å². The van der Waals surface area contributed by atoms with E-state index in [-0.39, 0.29) is 98.1 Å². The van der Waals surface area contributed by atoms with Gasteiger partial charge in [0.25, 0.3) is 0 Å². The van der Waals surface area contributed by atoms with Crippen molar-refractivity contribution < 1.29 is 98.1 Å². The Morgan fingerprint density at radius 1 is 1.00 bits per heavy atom. The van der Waals surface area contributed by atoms with E-state index in [0.29, 0.717) is 0 Å². The minimum atomic E-state index is -0.667. The Morgan fingerprint density at radius 2 is 1.00 bits per heavy atom. The van der Waals surface area contributed by atoms with E-state index >= 15 is 0 Å². The van der Waals surface area contributed by atoms with E-state index in [4.69, 9.17) is 11.5 Å². The molecule has 0 aliphatic carbocycles. The number of hydrogen-bond donors (Lipinski definition) is 0. The van der Waals surface area contributed by atoms with Crippen molar-refractivity contribution in [1.29, 1.82) is 0 Å². The first kappa shape index (κ1) is 22.5. The van der Waals surface area contributed by atoms with E-state index in [9.17, 15) is 0 Å². The van der Waals surface area contributed by atoms with Gasteiger partial charge in [-0.2, -0.15) is 0 Å². The van der Waals surface area contributed by atoms with Gasteiger partial charge >= 0.3 is 0 Å². The third kappa shape index (κ3) is 46.2. The van der Waals surface area contributed by atoms with E-state index < -0.39 is 6.17 Å². The molecular formula is C2H6N2Y3-2. The Balaban J connectivity index is -0.0000000150. The average molecular weight is 325 g/mol. The third-order valence-corrected chi connectivity index (χ3v) is 0. The second kappa shape index (κ2) is 16.1. The molecule has 2 nitrogen and oxygen atoms in total. The third-order valence-electron chi connectivity index (χ3n) is 0. The van der Waals surface area contributed by atoms with Crippen LogP contribution in [-0.4, -0.2) is 6.17 Å². The van der Waals surface area contributed by atoms with Crippen LogP contribution in [-0.2, 0) is 98.1 Å². The summed E-state index contributed by atoms with van der Waals surface area (Å²) in [6, 6.07) is 0. The fourth-order valence-corrected chi connectivity index (χ4v) is 0. The maximum absolute atomic E-state index is 6.25. The first-order valence-corrected chi connectivity index (χ1v) is 1.15. The molecule has 0 aromatic carbocycles. The second-order valence-electron chi connectivity index (χ2n) is 0.722. The van der Waals surface area contributed by atoms with Gasteiger partial charge in [0.2, 0.25) is 0 Å². The number of nitrogens with one attached hydrogen (secondary N) is 2. The van der Waals surface area contributed by atoms with Crippen LogP contribution in [0, 0.1) is 0 Å². The molecule has 0 saturated heterocycles. The molecule has 0 unspecified atom stereocenters. The summed E-state index contributed by atoms with van der Waals surface area (Å²) >= 11 is 0. The van der Waals surface area contributed by atoms with Crippen molar-refractivity contribution in [3.8, 4) is 0 Å². The fourth-order valence-electron chi connectivity index (χ4n) is 0. The molecule has 0 aliphatic rings. The molecule has 0 heterocycles. The normalized spacial score (nSPS) is 5.14. The quantitative estimate of drug-likeness (QED) is 0.647. The van der Waals surface area contributed by atoms with Crippen LogP contribution >= 0.6 is 0 Å². The summed E-state index contributed by atoms with van der Waals surface area (Å²) in [6.45, 7) is 1.50. The van der Waals surface area contributed by atoms with E-state index in [1.165, 1.54) is 6.92 Å². The standard InChI is InChI=1S/C2H6N2.3Y/c1-2(3)4;;;/h2-4H,1H3;;;/q-2;;;. The number of rotatable bonds is 0. The Morgan fingerprint density at radius 3 is 1.00 bits per heavy atom. The Kier molecular flexibility index (Phi) is 51.7. The summed E-state index contributed by atoms with van der Waals surface area (Å²) in [7, 11) is 0. The minimum absolute atomic E-state index is 0. The molecule has 7 heavy (non-hydrogen) atoms. The molecule has 0 spiro atoms. The molecule has 0 aromatic heterocycles. The maximum atomic E-state index is 6.25. The van der Waals surface area contributed by atoms with Gasteiger partial charge in [-0.25, -0.2) is 6.17 Å². The molecule has 35 valence electrons. The molecule has 0 saturated carbocycles. The van der Waals surface area contributed by atoms with Gasteiger partial charge in [-0.3, -0.25) is 0 Å². The summed E-state index contributed by atoms with van der Waals surface area (Å²) < 4.78 is 0. The zero-order valence-corrected chi connectivity index (χ0v) is 12.8. The van der Waals surface area contributed by atoms with Crippen LogP contribution < -0.4 is 0 Å². The summed E-state index contributed by atoms with van der Waals surface area (Å²) in [4.78, 5) is 0. The monoisotopic (exact) mass is 325 g/mol. The molecule has 2 N–H and O–H groups in total. The molecule has 0 aliphatic heterocycles. The van der Waals surface area contributed by atoms with Crippen LogP contribution in [0.2, 0.25) is 0 Å². The van der Waals surface area contributed by atoms with Gasteiger partial charge in [-0.15, -0.1) is 6.92 Å². The summed E-state index contributed by atoms with van der Waals surface area (Å²) in [5.74, 6) is 0. The molecule has 5 heteroatoms. The molecule has 0 aromatic rings. The van der Waals surface area contributed by atoms with Gasteiger partial charge in [0.15, 0.2) is 0 Å². The smallest absolute Gasteiger partial charge is 0 e. The molecule has 0 amide bonds. The van der Waals surface area contributed by atoms with Gasteiger partial charge in [-0.05, 0) is 0 Å². The van der Waals surface area contributed by atoms with Gasteiger partial charge in [0.1, 0.15) is 0 Å². The van der Waals surface area contributed by atoms with E-state index in [1.54, 1.807) is 0 Å². The van der Waals surface area contributed by atoms with Crippen LogP contribution in [0.1, 0.15) is 6.92 Å². The van der Waals surface area contributed by atoms with Gasteiger partial charge in [0.05, 0.1) is 0 Å². The van der Waals surface area contributed by atoms with Crippen LogP contribution in [0.25, 0.3) is 11.5 Å². The predicted molar refractivity (Wildman–Crippen MR) is 18.1 cm³/mol. The first-order chi connectivity index (χ1) is 1.73. The molecule has 0 rings (SSSR count).